The van der Waals surface area contributed by atoms with Crippen LogP contribution in [0.25, 0.3) is 0 Å². The molecule has 6 aliphatic rings. The number of nitrogens with two attached hydrogens (primary N) is 1. The van der Waals surface area contributed by atoms with Crippen LogP contribution in [0.15, 0.2) is 90.1 Å². The van der Waals surface area contributed by atoms with Crippen molar-refractivity contribution in [1.29, 1.82) is 0 Å². The van der Waals surface area contributed by atoms with Crippen molar-refractivity contribution in [3.05, 3.63) is 113 Å². The fraction of sp³-hybridized carbons (Fsp3) is 0.487. The highest BCUT2D eigenvalue weighted by Crippen LogP contribution is 2.57. The third-order valence-electron chi connectivity index (χ3n) is 21.1. The summed E-state index contributed by atoms with van der Waals surface area (Å²) < 4.78 is 12.2. The molecule has 616 valence electrons. The number of unbranched alkanes of at least 4 members (excludes halogenated alkanes) is 1. The molecule has 0 bridgehead atoms. The number of phenolic OH excluding ortho intramolecular Hbond substituents is 2. The summed E-state index contributed by atoms with van der Waals surface area (Å²) in [6.07, 6.45) is -0.984. The van der Waals surface area contributed by atoms with E-state index in [1.165, 1.54) is 54.1 Å². The lowest BCUT2D eigenvalue weighted by atomic mass is 9.77. The largest absolute Gasteiger partial charge is 0.508 e. The number of rotatable bonds is 35. The Morgan fingerprint density at radius 3 is 1.85 bits per heavy atom. The van der Waals surface area contributed by atoms with Crippen molar-refractivity contribution < 1.29 is 112 Å². The van der Waals surface area contributed by atoms with E-state index in [1.54, 1.807) is 30.3 Å². The van der Waals surface area contributed by atoms with E-state index in [0.29, 0.717) is 73.9 Å². The topological polar surface area (TPSA) is 524 Å². The van der Waals surface area contributed by atoms with Crippen molar-refractivity contribution in [3.8, 4) is 23.0 Å². The Labute approximate surface area is 665 Å². The van der Waals surface area contributed by atoms with Crippen LogP contribution in [0, 0.1) is 0 Å². The predicted octanol–water partition coefficient (Wildman–Crippen LogP) is 1.99. The van der Waals surface area contributed by atoms with Gasteiger partial charge in [0.15, 0.2) is 22.9 Å². The van der Waals surface area contributed by atoms with Crippen molar-refractivity contribution in [1.82, 2.24) is 51.5 Å². The number of carboxylic acids is 3. The summed E-state index contributed by atoms with van der Waals surface area (Å²) in [5, 5.41) is 83.4. The number of nitrogens with zero attached hydrogens (tertiary/aromatic N) is 5. The number of aliphatic hydroxyl groups is 1. The molecule has 36 nitrogen and oxygen atoms in total. The van der Waals surface area contributed by atoms with Gasteiger partial charge in [-0.25, -0.2) is 4.79 Å². The van der Waals surface area contributed by atoms with Crippen LogP contribution in [-0.2, 0) is 83.9 Å². The van der Waals surface area contributed by atoms with Gasteiger partial charge in [-0.1, -0.05) is 35.5 Å². The standard InChI is InChI=1S/C78H95N13O23S/c1-42(73(108)90-35-9-7-16-57(90)75(110)91-38-32-58(114-81-34-10-15-44-13-4-3-5-14-44)66(91)72(107)85-53(27-30-63(98)99)68(103)84-52(67(79)102)26-29-62(96)97)82-71(106)65(43(2)92)87-70(105)56-18-12-37-89(56)74(109)54(28-31-64(100)101)86-69(104)55-17-11-36-88(55)61(95)19-6-8-33-80-77(115)83-45-20-23-48-51(39-45)78(113-76(48)111)49-24-21-46(93)40-59(49)112-60-41-47(94)22-25-50(60)78/h3-5,13-14,20-25,34,39-43,52-58,65-66,92-94H,6-12,15-19,26-33,35-38H2,1-2H3,(H2,79,102)(H,82,106)(H,84,103)(H,85,107)(H,86,104)(H,87,105)(H,96,97)(H,98,99)(H,100,101)(H2,80,83,115)/b81-34-/t42-,43+,52-,53-,54-,55-,56-,57?,58-,65-,66-/m0/s1. The number of aryl methyl sites for hydroxylation is 1. The van der Waals surface area contributed by atoms with Gasteiger partial charge in [0.1, 0.15) is 71.3 Å². The SMILES string of the molecule is C[C@H](NC(=O)[C@@H](NC(=O)[C@@H]1CCCN1C(=O)[C@H](CCC(=O)O)NC(=O)[C@@H]1CCCN1C(=O)CCCCNC(=S)Nc1ccc2c(c1)C1(OC2=O)c2ccc(O)cc2Oc2cc(O)ccc21)[C@@H](C)O)C(=O)N1CCCCC1C(=O)N1CC[C@H](O/N=C\CCc2ccccc2)[C@H]1C(=O)N[C@@H](CCC(=O)O)C(=O)N[C@@H](CCC(=O)O)C(N)=O. The average Bonchev–Trinajstić information content (AvgIpc) is 1.57. The quantitative estimate of drug-likeness (QED) is 0.0103. The number of hydrogen-bond acceptors (Lipinski definition) is 22. The molecule has 0 aromatic heterocycles. The molecule has 6 heterocycles. The van der Waals surface area contributed by atoms with Crippen molar-refractivity contribution in [3.63, 3.8) is 0 Å². The van der Waals surface area contributed by atoms with Gasteiger partial charge in [-0.15, -0.1) is 0 Å². The van der Waals surface area contributed by atoms with E-state index >= 15 is 4.79 Å². The molecule has 37 heteroatoms. The first-order valence-electron chi connectivity index (χ1n) is 38.3. The number of ether oxygens (including phenoxy) is 2. The van der Waals surface area contributed by atoms with Gasteiger partial charge in [-0.3, -0.25) is 62.3 Å². The molecular weight excluding hydrogens is 1520 g/mol. The van der Waals surface area contributed by atoms with Crippen molar-refractivity contribution in [2.45, 2.75) is 208 Å². The minimum atomic E-state index is -1.76. The van der Waals surface area contributed by atoms with Crippen LogP contribution in [0.5, 0.6) is 23.0 Å². The Balaban J connectivity index is 0.731. The molecule has 4 saturated heterocycles. The summed E-state index contributed by atoms with van der Waals surface area (Å²) in [7, 11) is 0. The summed E-state index contributed by atoms with van der Waals surface area (Å²) >= 11 is 5.64. The van der Waals surface area contributed by atoms with Crippen LogP contribution in [0.2, 0.25) is 0 Å². The number of phenols is 2. The molecule has 4 aromatic rings. The van der Waals surface area contributed by atoms with Gasteiger partial charge in [0.2, 0.25) is 59.1 Å². The van der Waals surface area contributed by atoms with E-state index in [-0.39, 0.29) is 104 Å². The fourth-order valence-corrected chi connectivity index (χ4v) is 15.6. The molecule has 4 fully saturated rings. The van der Waals surface area contributed by atoms with E-state index in [0.717, 1.165) is 15.4 Å². The molecular formula is C78H95N13O23S. The van der Waals surface area contributed by atoms with E-state index < -0.39 is 188 Å². The second-order valence-electron chi connectivity index (χ2n) is 29.2. The normalized spacial score (nSPS) is 20.0. The number of primary amides is 1. The van der Waals surface area contributed by atoms with Gasteiger partial charge in [-0.05, 0) is 164 Å². The van der Waals surface area contributed by atoms with Crippen LogP contribution < -0.4 is 47.7 Å². The summed E-state index contributed by atoms with van der Waals surface area (Å²) in [5.41, 5.74) is 7.03. The number of aliphatic carboxylic acids is 3. The summed E-state index contributed by atoms with van der Waals surface area (Å²) in [6.45, 7) is 2.82. The van der Waals surface area contributed by atoms with E-state index in [9.17, 15) is 93.0 Å². The number of carbonyl (C=O) groups is 14. The summed E-state index contributed by atoms with van der Waals surface area (Å²) in [4.78, 5) is 201. The molecule has 11 atom stereocenters. The highest BCUT2D eigenvalue weighted by atomic mass is 32.1. The van der Waals surface area contributed by atoms with Crippen LogP contribution >= 0.6 is 12.2 Å². The van der Waals surface area contributed by atoms with Gasteiger partial charge in [0.05, 0.1) is 11.7 Å². The van der Waals surface area contributed by atoms with Crippen molar-refractivity contribution in [2.75, 3.05) is 38.0 Å². The molecule has 10 amide bonds. The summed E-state index contributed by atoms with van der Waals surface area (Å²) in [5.74, 6) is -13.0. The highest BCUT2D eigenvalue weighted by Gasteiger charge is 2.55. The van der Waals surface area contributed by atoms with Gasteiger partial charge < -0.3 is 108 Å². The predicted molar refractivity (Wildman–Crippen MR) is 410 cm³/mol. The highest BCUT2D eigenvalue weighted by molar-refractivity contribution is 7.80. The number of carbonyl (C=O) groups excluding carboxylic acids is 11. The number of amides is 10. The second-order valence-corrected chi connectivity index (χ2v) is 29.6. The van der Waals surface area contributed by atoms with Crippen LogP contribution in [0.4, 0.5) is 5.69 Å². The van der Waals surface area contributed by atoms with Gasteiger partial charge >= 0.3 is 23.9 Å². The first-order valence-corrected chi connectivity index (χ1v) is 38.7. The minimum Gasteiger partial charge on any atom is -0.508 e. The number of carboxylic acid groups (broad SMARTS) is 3. The Kier molecular flexibility index (Phi) is 28.7. The molecule has 0 radical (unpaired) electrons. The Morgan fingerprint density at radius 1 is 0.617 bits per heavy atom. The molecule has 0 aliphatic carbocycles. The monoisotopic (exact) mass is 1610 g/mol. The maximum atomic E-state index is 15.0. The lowest BCUT2D eigenvalue weighted by Crippen LogP contribution is -2.62. The number of likely N-dealkylation sites (tertiary alicyclic amines) is 4. The zero-order valence-corrected chi connectivity index (χ0v) is 64.1. The number of anilines is 1. The first kappa shape index (κ1) is 85.4. The second kappa shape index (κ2) is 38.7. The lowest BCUT2D eigenvalue weighted by Gasteiger charge is -2.39. The molecule has 4 aromatic carbocycles. The zero-order chi connectivity index (χ0) is 82.9. The Bertz CT molecular complexity index is 4360. The number of hydrogen-bond donors (Lipinski definition) is 14. The third-order valence-corrected chi connectivity index (χ3v) is 21.4. The number of oxime groups is 1. The molecule has 115 heavy (non-hydrogen) atoms. The average molecular weight is 1610 g/mol. The number of piperidine rings is 1. The lowest BCUT2D eigenvalue weighted by molar-refractivity contribution is -0.153. The number of esters is 1. The third kappa shape index (κ3) is 20.9. The van der Waals surface area contributed by atoms with Gasteiger partial charge in [0.25, 0.3) is 0 Å². The minimum absolute atomic E-state index is 0.00912. The number of benzene rings is 4. The summed E-state index contributed by atoms with van der Waals surface area (Å²) in [6, 6.07) is 10.1. The van der Waals surface area contributed by atoms with Crippen LogP contribution in [-0.4, -0.2) is 244 Å². The van der Waals surface area contributed by atoms with Gasteiger partial charge in [0, 0.05) is 106 Å². The molecule has 1 spiro atoms. The maximum absolute atomic E-state index is 15.0. The molecule has 0 saturated carbocycles. The van der Waals surface area contributed by atoms with Crippen LogP contribution in [0.3, 0.4) is 0 Å². The molecule has 1 unspecified atom stereocenters. The smallest absolute Gasteiger partial charge is 0.340 e. The molecule has 10 rings (SSSR count). The Morgan fingerprint density at radius 2 is 1.21 bits per heavy atom. The zero-order valence-electron chi connectivity index (χ0n) is 63.3. The number of aliphatic hydroxyl groups excluding tert-OH is 1. The number of thiocarbonyl (C=S) groups is 1. The molecule has 15 N–H and O–H groups in total. The van der Waals surface area contributed by atoms with Crippen molar-refractivity contribution in [2.24, 2.45) is 10.9 Å². The molecule has 6 aliphatic heterocycles. The van der Waals surface area contributed by atoms with E-state index in [2.05, 4.69) is 42.4 Å². The van der Waals surface area contributed by atoms with Crippen molar-refractivity contribution >= 4 is 112 Å². The van der Waals surface area contributed by atoms with E-state index in [4.69, 9.17) is 32.3 Å². The maximum Gasteiger partial charge on any atom is 0.340 e. The number of fused-ring (bicyclic) bond motifs is 6. The first-order chi connectivity index (χ1) is 54.9. The van der Waals surface area contributed by atoms with Gasteiger partial charge in [-0.2, -0.15) is 0 Å². The van der Waals surface area contributed by atoms with E-state index in [1.807, 2.05) is 30.3 Å². The number of aromatic hydroxyl groups is 2. The fourth-order valence-electron chi connectivity index (χ4n) is 15.3. The Hall–Kier alpha value is -12.0. The number of nitrogens with one attached hydrogen (secondary N) is 7. The van der Waals surface area contributed by atoms with Crippen LogP contribution in [0.1, 0.15) is 162 Å².